The van der Waals surface area contributed by atoms with Crippen LogP contribution in [0.1, 0.15) is 31.4 Å². The van der Waals surface area contributed by atoms with E-state index in [-0.39, 0.29) is 5.54 Å². The highest BCUT2D eigenvalue weighted by Gasteiger charge is 2.38. The van der Waals surface area contributed by atoms with Crippen LogP contribution in [0, 0.1) is 0 Å². The molecule has 0 bridgehead atoms. The van der Waals surface area contributed by atoms with Crippen molar-refractivity contribution in [3.63, 3.8) is 0 Å². The Hall–Kier alpha value is -1.55. The van der Waals surface area contributed by atoms with Crippen LogP contribution in [0.3, 0.4) is 0 Å². The molecule has 0 radical (unpaired) electrons. The van der Waals surface area contributed by atoms with Crippen molar-refractivity contribution in [2.45, 2.75) is 31.3 Å². The zero-order valence-corrected chi connectivity index (χ0v) is 11.5. The summed E-state index contributed by atoms with van der Waals surface area (Å²) >= 11 is 0. The number of rotatable bonds is 2. The van der Waals surface area contributed by atoms with Gasteiger partial charge in [-0.2, -0.15) is 0 Å². The Morgan fingerprint density at radius 2 is 1.95 bits per heavy atom. The van der Waals surface area contributed by atoms with E-state index < -0.39 is 0 Å². The third kappa shape index (κ3) is 2.45. The van der Waals surface area contributed by atoms with Gasteiger partial charge >= 0.3 is 0 Å². The first kappa shape index (κ1) is 12.5. The quantitative estimate of drug-likeness (QED) is 0.845. The number of hydrogen-bond donors (Lipinski definition) is 2. The molecule has 0 saturated carbocycles. The zero-order valence-electron chi connectivity index (χ0n) is 11.5. The Kier molecular flexibility index (Phi) is 3.19. The Bertz CT molecular complexity index is 460. The SMILES string of the molecule is CC(c1ccccc1)N1CCC2(CC1)CN=C(N)N2. The lowest BCUT2D eigenvalue weighted by molar-refractivity contribution is 0.122. The minimum absolute atomic E-state index is 0.136. The molecule has 1 saturated heterocycles. The van der Waals surface area contributed by atoms with Gasteiger partial charge in [0.05, 0.1) is 12.1 Å². The third-order valence-corrected chi connectivity index (χ3v) is 4.53. The number of likely N-dealkylation sites (tertiary alicyclic amines) is 1. The second-order valence-electron chi connectivity index (χ2n) is 5.73. The fourth-order valence-electron chi connectivity index (χ4n) is 3.15. The highest BCUT2D eigenvalue weighted by atomic mass is 15.2. The lowest BCUT2D eigenvalue weighted by Gasteiger charge is -2.41. The van der Waals surface area contributed by atoms with Gasteiger partial charge in [-0.25, -0.2) is 0 Å². The molecule has 0 aromatic heterocycles. The molecule has 1 atom stereocenters. The predicted octanol–water partition coefficient (Wildman–Crippen LogP) is 1.50. The second-order valence-corrected chi connectivity index (χ2v) is 5.73. The third-order valence-electron chi connectivity index (χ3n) is 4.53. The zero-order chi connectivity index (χ0) is 13.3. The first-order chi connectivity index (χ1) is 9.19. The number of nitrogens with zero attached hydrogens (tertiary/aromatic N) is 2. The summed E-state index contributed by atoms with van der Waals surface area (Å²) in [5.74, 6) is 0.615. The van der Waals surface area contributed by atoms with Gasteiger partial charge in [0, 0.05) is 19.1 Å². The fourth-order valence-corrected chi connectivity index (χ4v) is 3.15. The minimum atomic E-state index is 0.136. The summed E-state index contributed by atoms with van der Waals surface area (Å²) in [5, 5.41) is 3.37. The molecule has 1 unspecified atom stereocenters. The number of nitrogens with two attached hydrogens (primary N) is 1. The van der Waals surface area contributed by atoms with Gasteiger partial charge in [-0.15, -0.1) is 0 Å². The molecule has 19 heavy (non-hydrogen) atoms. The van der Waals surface area contributed by atoms with Crippen molar-refractivity contribution >= 4 is 5.96 Å². The molecule has 2 heterocycles. The molecule has 102 valence electrons. The van der Waals surface area contributed by atoms with Gasteiger partial charge in [0.15, 0.2) is 5.96 Å². The molecule has 1 fully saturated rings. The molecule has 3 N–H and O–H groups in total. The van der Waals surface area contributed by atoms with Crippen molar-refractivity contribution in [2.75, 3.05) is 19.6 Å². The Balaban J connectivity index is 1.62. The van der Waals surface area contributed by atoms with Crippen LogP contribution in [0.5, 0.6) is 0 Å². The summed E-state index contributed by atoms with van der Waals surface area (Å²) in [4.78, 5) is 6.86. The van der Waals surface area contributed by atoms with E-state index in [1.807, 2.05) is 0 Å². The van der Waals surface area contributed by atoms with Gasteiger partial charge in [-0.05, 0) is 25.3 Å². The molecule has 2 aliphatic rings. The van der Waals surface area contributed by atoms with Gasteiger partial charge < -0.3 is 11.1 Å². The van der Waals surface area contributed by atoms with Crippen LogP contribution < -0.4 is 11.1 Å². The van der Waals surface area contributed by atoms with E-state index in [9.17, 15) is 0 Å². The first-order valence-corrected chi connectivity index (χ1v) is 7.06. The van der Waals surface area contributed by atoms with Crippen LogP contribution in [0.25, 0.3) is 0 Å². The first-order valence-electron chi connectivity index (χ1n) is 7.06. The topological polar surface area (TPSA) is 53.6 Å². The van der Waals surface area contributed by atoms with E-state index in [0.717, 1.165) is 32.5 Å². The molecule has 3 rings (SSSR count). The summed E-state index contributed by atoms with van der Waals surface area (Å²) < 4.78 is 0. The average molecular weight is 258 g/mol. The van der Waals surface area contributed by atoms with E-state index in [2.05, 4.69) is 52.5 Å². The maximum absolute atomic E-state index is 5.75. The summed E-state index contributed by atoms with van der Waals surface area (Å²) in [5.41, 5.74) is 7.28. The van der Waals surface area contributed by atoms with E-state index in [1.54, 1.807) is 0 Å². The molecule has 0 amide bonds. The van der Waals surface area contributed by atoms with Crippen LogP contribution >= 0.6 is 0 Å². The number of piperidine rings is 1. The number of aliphatic imine (C=N–C) groups is 1. The fraction of sp³-hybridized carbons (Fsp3) is 0.533. The van der Waals surface area contributed by atoms with Crippen molar-refractivity contribution < 1.29 is 0 Å². The molecule has 4 heteroatoms. The Morgan fingerprint density at radius 3 is 2.53 bits per heavy atom. The molecular weight excluding hydrogens is 236 g/mol. The summed E-state index contributed by atoms with van der Waals surface area (Å²) in [6.07, 6.45) is 2.24. The number of guanidine groups is 1. The van der Waals surface area contributed by atoms with Gasteiger partial charge in [-0.3, -0.25) is 9.89 Å². The predicted molar refractivity (Wildman–Crippen MR) is 78.0 cm³/mol. The van der Waals surface area contributed by atoms with Crippen LogP contribution in [0.15, 0.2) is 35.3 Å². The maximum atomic E-state index is 5.75. The number of benzene rings is 1. The lowest BCUT2D eigenvalue weighted by Crippen LogP contribution is -2.55. The van der Waals surface area contributed by atoms with Gasteiger partial charge in [0.25, 0.3) is 0 Å². The summed E-state index contributed by atoms with van der Waals surface area (Å²) in [6, 6.07) is 11.2. The maximum Gasteiger partial charge on any atom is 0.189 e. The molecule has 1 aromatic carbocycles. The smallest absolute Gasteiger partial charge is 0.189 e. The van der Waals surface area contributed by atoms with E-state index >= 15 is 0 Å². The van der Waals surface area contributed by atoms with Crippen molar-refractivity contribution in [1.82, 2.24) is 10.2 Å². The number of hydrogen-bond acceptors (Lipinski definition) is 4. The summed E-state index contributed by atoms with van der Waals surface area (Å²) in [6.45, 7) is 5.34. The average Bonchev–Trinajstić information content (AvgIpc) is 2.81. The van der Waals surface area contributed by atoms with Crippen LogP contribution in [-0.2, 0) is 0 Å². The number of nitrogens with one attached hydrogen (secondary N) is 1. The van der Waals surface area contributed by atoms with Crippen molar-refractivity contribution in [3.8, 4) is 0 Å². The Labute approximate surface area is 114 Å². The normalized spacial score (nSPS) is 23.9. The molecule has 1 aromatic rings. The lowest BCUT2D eigenvalue weighted by atomic mass is 9.87. The monoisotopic (exact) mass is 258 g/mol. The van der Waals surface area contributed by atoms with E-state index in [1.165, 1.54) is 5.56 Å². The second kappa shape index (κ2) is 4.85. The highest BCUT2D eigenvalue weighted by molar-refractivity contribution is 5.80. The molecule has 4 nitrogen and oxygen atoms in total. The van der Waals surface area contributed by atoms with Crippen LogP contribution in [-0.4, -0.2) is 36.0 Å². The highest BCUT2D eigenvalue weighted by Crippen LogP contribution is 2.30. The minimum Gasteiger partial charge on any atom is -0.370 e. The summed E-state index contributed by atoms with van der Waals surface area (Å²) in [7, 11) is 0. The van der Waals surface area contributed by atoms with Crippen LogP contribution in [0.4, 0.5) is 0 Å². The van der Waals surface area contributed by atoms with Gasteiger partial charge in [-0.1, -0.05) is 30.3 Å². The van der Waals surface area contributed by atoms with Crippen LogP contribution in [0.2, 0.25) is 0 Å². The largest absolute Gasteiger partial charge is 0.370 e. The van der Waals surface area contributed by atoms with E-state index in [0.29, 0.717) is 12.0 Å². The molecule has 2 aliphatic heterocycles. The van der Waals surface area contributed by atoms with Crippen molar-refractivity contribution in [3.05, 3.63) is 35.9 Å². The standard InChI is InChI=1S/C15H22N4/c1-12(13-5-3-2-4-6-13)19-9-7-15(8-10-19)11-17-14(16)18-15/h2-6,12H,7-11H2,1H3,(H3,16,17,18). The van der Waals surface area contributed by atoms with Gasteiger partial charge in [0.1, 0.15) is 0 Å². The van der Waals surface area contributed by atoms with Crippen molar-refractivity contribution in [1.29, 1.82) is 0 Å². The van der Waals surface area contributed by atoms with Crippen molar-refractivity contribution in [2.24, 2.45) is 10.7 Å². The van der Waals surface area contributed by atoms with E-state index in [4.69, 9.17) is 5.73 Å². The molecule has 1 spiro atoms. The molecular formula is C15H22N4. The Morgan fingerprint density at radius 1 is 1.26 bits per heavy atom. The van der Waals surface area contributed by atoms with Gasteiger partial charge in [0.2, 0.25) is 0 Å². The molecule has 0 aliphatic carbocycles.